The third kappa shape index (κ3) is 6.42. The molecule has 1 saturated heterocycles. The lowest BCUT2D eigenvalue weighted by molar-refractivity contribution is -0.153. The van der Waals surface area contributed by atoms with Gasteiger partial charge in [-0.1, -0.05) is 29.3 Å². The summed E-state index contributed by atoms with van der Waals surface area (Å²) < 4.78 is 10.4. The van der Waals surface area contributed by atoms with Crippen LogP contribution in [-0.4, -0.2) is 77.7 Å². The largest absolute Gasteiger partial charge is 0.480 e. The van der Waals surface area contributed by atoms with Gasteiger partial charge in [0, 0.05) is 55.5 Å². The summed E-state index contributed by atoms with van der Waals surface area (Å²) >= 11 is 12.4. The molecule has 38 heavy (non-hydrogen) atoms. The molecular weight excluding hydrogens is 537 g/mol. The summed E-state index contributed by atoms with van der Waals surface area (Å²) in [4.78, 5) is 55.1. The van der Waals surface area contributed by atoms with E-state index in [4.69, 9.17) is 32.7 Å². The quantitative estimate of drug-likeness (QED) is 0.434. The standard InChI is InChI=1S/C26H33Cl2N3O7/c1-25(2,3)38-24(36)30-10-8-20-26(15-30,23(34)35)18(13-21(32)29-9-5-11-37-4)22(33)31(20)14-16-6-7-17(27)12-19(16)28/h6-8,12,18H,5,9-11,13-15H2,1-4H3,(H,29,32)(H,34,35)/t18-,26?/m1/s1. The maximum absolute atomic E-state index is 13.8. The molecule has 1 fully saturated rings. The Bertz CT molecular complexity index is 1130. The highest BCUT2D eigenvalue weighted by Crippen LogP contribution is 2.50. The first-order chi connectivity index (χ1) is 17.8. The number of ether oxygens (including phenoxy) is 2. The number of methoxy groups -OCH3 is 1. The normalized spacial score (nSPS) is 21.2. The number of halogens is 2. The van der Waals surface area contributed by atoms with Gasteiger partial charge >= 0.3 is 12.1 Å². The predicted molar refractivity (Wildman–Crippen MR) is 141 cm³/mol. The maximum atomic E-state index is 13.8. The molecule has 0 spiro atoms. The van der Waals surface area contributed by atoms with Crippen LogP contribution in [0.2, 0.25) is 10.0 Å². The molecule has 1 aromatic rings. The minimum absolute atomic E-state index is 0.0197. The summed E-state index contributed by atoms with van der Waals surface area (Å²) in [6.07, 6.45) is 1.02. The number of nitrogens with zero attached hydrogens (tertiary/aromatic N) is 2. The molecule has 2 heterocycles. The highest BCUT2D eigenvalue weighted by Gasteiger charge is 2.63. The molecule has 0 aromatic heterocycles. The van der Waals surface area contributed by atoms with E-state index in [2.05, 4.69) is 5.32 Å². The molecule has 208 valence electrons. The van der Waals surface area contributed by atoms with Gasteiger partial charge in [-0.25, -0.2) is 4.79 Å². The number of carboxylic acids is 1. The second-order valence-electron chi connectivity index (χ2n) is 10.3. The molecule has 2 aliphatic heterocycles. The van der Waals surface area contributed by atoms with Crippen LogP contribution in [0.5, 0.6) is 0 Å². The van der Waals surface area contributed by atoms with Crippen molar-refractivity contribution in [3.05, 3.63) is 45.6 Å². The minimum Gasteiger partial charge on any atom is -0.480 e. The minimum atomic E-state index is -1.85. The summed E-state index contributed by atoms with van der Waals surface area (Å²) in [5.41, 5.74) is -1.88. The van der Waals surface area contributed by atoms with Gasteiger partial charge in [0.2, 0.25) is 11.8 Å². The summed E-state index contributed by atoms with van der Waals surface area (Å²) in [6.45, 7) is 5.55. The van der Waals surface area contributed by atoms with Gasteiger partial charge in [-0.2, -0.15) is 0 Å². The van der Waals surface area contributed by atoms with Gasteiger partial charge in [-0.3, -0.25) is 14.4 Å². The van der Waals surface area contributed by atoms with E-state index < -0.39 is 40.8 Å². The number of hydrogen-bond donors (Lipinski definition) is 2. The Morgan fingerprint density at radius 2 is 1.95 bits per heavy atom. The van der Waals surface area contributed by atoms with Gasteiger partial charge < -0.3 is 29.7 Å². The second-order valence-corrected chi connectivity index (χ2v) is 11.2. The number of aliphatic carboxylic acids is 1. The molecule has 12 heteroatoms. The van der Waals surface area contributed by atoms with Crippen LogP contribution in [-0.2, 0) is 30.4 Å². The number of nitrogens with one attached hydrogen (secondary N) is 1. The Kier molecular flexibility index (Phi) is 9.33. The maximum Gasteiger partial charge on any atom is 0.410 e. The van der Waals surface area contributed by atoms with Crippen LogP contribution >= 0.6 is 23.2 Å². The van der Waals surface area contributed by atoms with Crippen LogP contribution < -0.4 is 5.32 Å². The number of fused-ring (bicyclic) bond motifs is 1. The molecule has 2 atom stereocenters. The Morgan fingerprint density at radius 1 is 1.24 bits per heavy atom. The van der Waals surface area contributed by atoms with Crippen molar-refractivity contribution in [2.45, 2.75) is 45.8 Å². The lowest BCUT2D eigenvalue weighted by Crippen LogP contribution is -2.53. The monoisotopic (exact) mass is 569 g/mol. The van der Waals surface area contributed by atoms with Gasteiger partial charge in [0.15, 0.2) is 0 Å². The highest BCUT2D eigenvalue weighted by atomic mass is 35.5. The van der Waals surface area contributed by atoms with Crippen LogP contribution in [0, 0.1) is 11.3 Å². The molecule has 0 radical (unpaired) electrons. The molecule has 3 amide bonds. The summed E-state index contributed by atoms with van der Waals surface area (Å²) in [5, 5.41) is 14.0. The topological polar surface area (TPSA) is 125 Å². The average Bonchev–Trinajstić information content (AvgIpc) is 3.05. The van der Waals surface area contributed by atoms with E-state index in [0.29, 0.717) is 35.2 Å². The zero-order chi connectivity index (χ0) is 28.3. The average molecular weight is 570 g/mol. The number of hydrogen-bond acceptors (Lipinski definition) is 6. The number of carbonyl (C=O) groups is 4. The lowest BCUT2D eigenvalue weighted by atomic mass is 9.72. The SMILES string of the molecule is COCCCNC(=O)C[C@@H]1C(=O)N(Cc2ccc(Cl)cc2Cl)C2=CCN(C(=O)OC(C)(C)C)CC21C(=O)O. The predicted octanol–water partition coefficient (Wildman–Crippen LogP) is 3.70. The zero-order valence-corrected chi connectivity index (χ0v) is 23.4. The molecule has 0 bridgehead atoms. The molecule has 3 rings (SSSR count). The fourth-order valence-corrected chi connectivity index (χ4v) is 5.19. The molecular formula is C26H33Cl2N3O7. The molecule has 2 N–H and O–H groups in total. The van der Waals surface area contributed by atoms with Crippen molar-refractivity contribution in [3.8, 4) is 0 Å². The van der Waals surface area contributed by atoms with E-state index in [9.17, 15) is 24.3 Å². The zero-order valence-electron chi connectivity index (χ0n) is 21.9. The Morgan fingerprint density at radius 3 is 2.55 bits per heavy atom. The van der Waals surface area contributed by atoms with Gasteiger partial charge in [-0.05, 0) is 51.0 Å². The molecule has 0 saturated carbocycles. The van der Waals surface area contributed by atoms with Crippen molar-refractivity contribution in [2.75, 3.05) is 33.4 Å². The lowest BCUT2D eigenvalue weighted by Gasteiger charge is -2.39. The number of benzene rings is 1. The van der Waals surface area contributed by atoms with Crippen molar-refractivity contribution in [1.82, 2.24) is 15.1 Å². The summed E-state index contributed by atoms with van der Waals surface area (Å²) in [6, 6.07) is 4.82. The number of amides is 3. The highest BCUT2D eigenvalue weighted by molar-refractivity contribution is 6.35. The molecule has 1 unspecified atom stereocenters. The van der Waals surface area contributed by atoms with E-state index >= 15 is 0 Å². The van der Waals surface area contributed by atoms with Crippen molar-refractivity contribution >= 4 is 47.1 Å². The van der Waals surface area contributed by atoms with Crippen molar-refractivity contribution < 1.29 is 33.8 Å². The van der Waals surface area contributed by atoms with Crippen molar-refractivity contribution in [1.29, 1.82) is 0 Å². The Hall–Kier alpha value is -2.82. The number of carbonyl (C=O) groups excluding carboxylic acids is 3. The van der Waals surface area contributed by atoms with Gasteiger partial charge in [0.25, 0.3) is 0 Å². The number of carboxylic acid groups (broad SMARTS) is 1. The Balaban J connectivity index is 1.99. The van der Waals surface area contributed by atoms with Crippen LogP contribution in [0.25, 0.3) is 0 Å². The van der Waals surface area contributed by atoms with Crippen LogP contribution in [0.1, 0.15) is 39.2 Å². The van der Waals surface area contributed by atoms with E-state index in [0.717, 1.165) is 0 Å². The molecule has 1 aromatic carbocycles. The fraction of sp³-hybridized carbons (Fsp3) is 0.538. The van der Waals surface area contributed by atoms with E-state index in [1.165, 1.54) is 15.9 Å². The van der Waals surface area contributed by atoms with Gasteiger partial charge in [0.05, 0.1) is 12.5 Å². The molecule has 0 aliphatic carbocycles. The van der Waals surface area contributed by atoms with E-state index in [1.807, 2.05) is 0 Å². The van der Waals surface area contributed by atoms with Gasteiger partial charge in [-0.15, -0.1) is 0 Å². The third-order valence-electron chi connectivity index (χ3n) is 6.47. The van der Waals surface area contributed by atoms with Crippen molar-refractivity contribution in [2.24, 2.45) is 11.3 Å². The van der Waals surface area contributed by atoms with E-state index in [1.54, 1.807) is 46.1 Å². The summed E-state index contributed by atoms with van der Waals surface area (Å²) in [5.74, 6) is -3.58. The first-order valence-corrected chi connectivity index (χ1v) is 13.0. The van der Waals surface area contributed by atoms with E-state index in [-0.39, 0.29) is 31.8 Å². The van der Waals surface area contributed by atoms with Gasteiger partial charge in [0.1, 0.15) is 11.0 Å². The number of rotatable bonds is 9. The van der Waals surface area contributed by atoms with Crippen LogP contribution in [0.4, 0.5) is 4.79 Å². The van der Waals surface area contributed by atoms with Crippen molar-refractivity contribution in [3.63, 3.8) is 0 Å². The Labute approximate surface area is 231 Å². The second kappa shape index (κ2) is 11.9. The first kappa shape index (κ1) is 29.7. The first-order valence-electron chi connectivity index (χ1n) is 12.2. The smallest absolute Gasteiger partial charge is 0.410 e. The molecule has 10 nitrogen and oxygen atoms in total. The van der Waals surface area contributed by atoms with Crippen LogP contribution in [0.15, 0.2) is 30.0 Å². The van der Waals surface area contributed by atoms with Crippen LogP contribution in [0.3, 0.4) is 0 Å². The fourth-order valence-electron chi connectivity index (χ4n) is 4.72. The number of likely N-dealkylation sites (tertiary alicyclic amines) is 1. The molecule has 2 aliphatic rings. The third-order valence-corrected chi connectivity index (χ3v) is 7.05. The summed E-state index contributed by atoms with van der Waals surface area (Å²) in [7, 11) is 1.55.